The first-order chi connectivity index (χ1) is 8.89. The lowest BCUT2D eigenvalue weighted by atomic mass is 10.2. The van der Waals surface area contributed by atoms with Crippen LogP contribution in [0.3, 0.4) is 0 Å². The molecule has 5 nitrogen and oxygen atoms in total. The van der Waals surface area contributed by atoms with E-state index in [4.69, 9.17) is 5.73 Å². The van der Waals surface area contributed by atoms with Gasteiger partial charge in [-0.1, -0.05) is 12.2 Å². The standard InChI is InChI=1S/C13H21N3O2S/c1-4-5-6-9-15-13-10-11(7-8-12(13)14)19(17,18)16(2)3/h4-5,7-8,10,15H,6,9,14H2,1-3H3/b5-4+. The highest BCUT2D eigenvalue weighted by molar-refractivity contribution is 7.89. The predicted octanol–water partition coefficient (Wildman–Crippen LogP) is 1.90. The van der Waals surface area contributed by atoms with Crippen molar-refractivity contribution in [2.24, 2.45) is 0 Å². The van der Waals surface area contributed by atoms with Crippen molar-refractivity contribution < 1.29 is 8.42 Å². The van der Waals surface area contributed by atoms with Crippen LogP contribution in [0, 0.1) is 0 Å². The van der Waals surface area contributed by atoms with Crippen LogP contribution in [-0.2, 0) is 10.0 Å². The Hall–Kier alpha value is -1.53. The summed E-state index contributed by atoms with van der Waals surface area (Å²) < 4.78 is 25.2. The highest BCUT2D eigenvalue weighted by Crippen LogP contribution is 2.24. The number of sulfonamides is 1. The average Bonchev–Trinajstić information content (AvgIpc) is 2.36. The van der Waals surface area contributed by atoms with Crippen LogP contribution in [0.15, 0.2) is 35.2 Å². The van der Waals surface area contributed by atoms with Crippen LogP contribution < -0.4 is 11.1 Å². The Bertz CT molecular complexity index is 551. The maximum atomic E-state index is 12.0. The summed E-state index contributed by atoms with van der Waals surface area (Å²) in [6.45, 7) is 2.67. The zero-order valence-electron chi connectivity index (χ0n) is 11.6. The third kappa shape index (κ3) is 3.97. The zero-order chi connectivity index (χ0) is 14.5. The second-order valence-corrected chi connectivity index (χ2v) is 6.47. The minimum Gasteiger partial charge on any atom is -0.397 e. The minimum absolute atomic E-state index is 0.236. The summed E-state index contributed by atoms with van der Waals surface area (Å²) in [5, 5.41) is 3.14. The van der Waals surface area contributed by atoms with Gasteiger partial charge in [0.25, 0.3) is 0 Å². The lowest BCUT2D eigenvalue weighted by Crippen LogP contribution is -2.22. The monoisotopic (exact) mass is 283 g/mol. The molecule has 0 aliphatic rings. The molecular weight excluding hydrogens is 262 g/mol. The van der Waals surface area contributed by atoms with Gasteiger partial charge in [-0.05, 0) is 31.5 Å². The van der Waals surface area contributed by atoms with Crippen LogP contribution in [-0.4, -0.2) is 33.4 Å². The number of rotatable bonds is 6. The van der Waals surface area contributed by atoms with Crippen LogP contribution in [0.1, 0.15) is 13.3 Å². The lowest BCUT2D eigenvalue weighted by Gasteiger charge is -2.14. The maximum Gasteiger partial charge on any atom is 0.242 e. The van der Waals surface area contributed by atoms with Crippen LogP contribution in [0.4, 0.5) is 11.4 Å². The number of allylic oxidation sites excluding steroid dienone is 1. The first-order valence-electron chi connectivity index (χ1n) is 6.06. The van der Waals surface area contributed by atoms with Gasteiger partial charge >= 0.3 is 0 Å². The molecule has 0 aliphatic carbocycles. The number of nitrogens with two attached hydrogens (primary N) is 1. The van der Waals surface area contributed by atoms with Gasteiger partial charge < -0.3 is 11.1 Å². The van der Waals surface area contributed by atoms with Crippen LogP contribution in [0.25, 0.3) is 0 Å². The molecule has 6 heteroatoms. The van der Waals surface area contributed by atoms with E-state index < -0.39 is 10.0 Å². The number of benzene rings is 1. The van der Waals surface area contributed by atoms with E-state index in [1.54, 1.807) is 12.1 Å². The van der Waals surface area contributed by atoms with E-state index in [0.29, 0.717) is 17.9 Å². The quantitative estimate of drug-likeness (QED) is 0.475. The normalized spacial score (nSPS) is 12.2. The van der Waals surface area contributed by atoms with E-state index in [1.807, 2.05) is 19.1 Å². The Kier molecular flexibility index (Phi) is 5.38. The summed E-state index contributed by atoms with van der Waals surface area (Å²) in [5.41, 5.74) is 7.02. The third-order valence-electron chi connectivity index (χ3n) is 2.67. The molecular formula is C13H21N3O2S. The van der Waals surface area contributed by atoms with Crippen molar-refractivity contribution in [2.75, 3.05) is 31.7 Å². The molecule has 1 aromatic carbocycles. The molecule has 0 saturated carbocycles. The summed E-state index contributed by atoms with van der Waals surface area (Å²) in [5.74, 6) is 0. The van der Waals surface area contributed by atoms with Crippen LogP contribution in [0.2, 0.25) is 0 Å². The number of hydrogen-bond acceptors (Lipinski definition) is 4. The highest BCUT2D eigenvalue weighted by atomic mass is 32.2. The van der Waals surface area contributed by atoms with Crippen molar-refractivity contribution in [1.29, 1.82) is 0 Å². The number of nitrogens with zero attached hydrogens (tertiary/aromatic N) is 1. The number of anilines is 2. The Morgan fingerprint density at radius 2 is 2.05 bits per heavy atom. The van der Waals surface area contributed by atoms with Gasteiger partial charge in [-0.3, -0.25) is 0 Å². The van der Waals surface area contributed by atoms with Gasteiger partial charge in [0.05, 0.1) is 16.3 Å². The fourth-order valence-corrected chi connectivity index (χ4v) is 2.45. The first-order valence-corrected chi connectivity index (χ1v) is 7.50. The van der Waals surface area contributed by atoms with Gasteiger partial charge in [0, 0.05) is 20.6 Å². The van der Waals surface area contributed by atoms with E-state index >= 15 is 0 Å². The molecule has 1 aromatic rings. The topological polar surface area (TPSA) is 75.4 Å². The van der Waals surface area contributed by atoms with Crippen molar-refractivity contribution in [3.8, 4) is 0 Å². The second-order valence-electron chi connectivity index (χ2n) is 4.32. The largest absolute Gasteiger partial charge is 0.397 e. The van der Waals surface area contributed by atoms with Crippen LogP contribution in [0.5, 0.6) is 0 Å². The van der Waals surface area contributed by atoms with Crippen molar-refractivity contribution in [3.63, 3.8) is 0 Å². The van der Waals surface area contributed by atoms with E-state index in [0.717, 1.165) is 6.42 Å². The summed E-state index contributed by atoms with van der Waals surface area (Å²) in [6, 6.07) is 4.69. The summed E-state index contributed by atoms with van der Waals surface area (Å²) in [7, 11) is -0.418. The van der Waals surface area contributed by atoms with E-state index in [-0.39, 0.29) is 4.90 Å². The molecule has 19 heavy (non-hydrogen) atoms. The summed E-state index contributed by atoms with van der Waals surface area (Å²) >= 11 is 0. The molecule has 0 saturated heterocycles. The highest BCUT2D eigenvalue weighted by Gasteiger charge is 2.18. The van der Waals surface area contributed by atoms with Gasteiger partial charge in [0.1, 0.15) is 0 Å². The Labute approximate surface area is 115 Å². The zero-order valence-corrected chi connectivity index (χ0v) is 12.4. The third-order valence-corrected chi connectivity index (χ3v) is 4.48. The van der Waals surface area contributed by atoms with Crippen molar-refractivity contribution in [3.05, 3.63) is 30.4 Å². The molecule has 0 spiro atoms. The summed E-state index contributed by atoms with van der Waals surface area (Å²) in [4.78, 5) is 0.236. The molecule has 0 radical (unpaired) electrons. The number of nitrogen functional groups attached to an aromatic ring is 1. The Balaban J connectivity index is 2.95. The second kappa shape index (κ2) is 6.58. The molecule has 0 fully saturated rings. The lowest BCUT2D eigenvalue weighted by molar-refractivity contribution is 0.521. The van der Waals surface area contributed by atoms with Crippen LogP contribution >= 0.6 is 0 Å². The molecule has 0 unspecified atom stereocenters. The van der Waals surface area contributed by atoms with Crippen molar-refractivity contribution in [2.45, 2.75) is 18.2 Å². The van der Waals surface area contributed by atoms with Crippen molar-refractivity contribution >= 4 is 21.4 Å². The first kappa shape index (κ1) is 15.5. The maximum absolute atomic E-state index is 12.0. The average molecular weight is 283 g/mol. The molecule has 0 aliphatic heterocycles. The van der Waals surface area contributed by atoms with Gasteiger partial charge in [-0.25, -0.2) is 12.7 Å². The predicted molar refractivity (Wildman–Crippen MR) is 79.6 cm³/mol. The van der Waals surface area contributed by atoms with E-state index in [9.17, 15) is 8.42 Å². The molecule has 0 atom stereocenters. The Morgan fingerprint density at radius 3 is 2.63 bits per heavy atom. The smallest absolute Gasteiger partial charge is 0.242 e. The molecule has 0 heterocycles. The minimum atomic E-state index is -3.43. The molecule has 0 aromatic heterocycles. The number of hydrogen-bond donors (Lipinski definition) is 2. The van der Waals surface area contributed by atoms with Gasteiger partial charge in [-0.15, -0.1) is 0 Å². The molecule has 0 bridgehead atoms. The van der Waals surface area contributed by atoms with Crippen molar-refractivity contribution in [1.82, 2.24) is 4.31 Å². The van der Waals surface area contributed by atoms with Gasteiger partial charge in [0.15, 0.2) is 0 Å². The number of nitrogens with one attached hydrogen (secondary N) is 1. The van der Waals surface area contributed by atoms with E-state index in [1.165, 1.54) is 24.5 Å². The summed E-state index contributed by atoms with van der Waals surface area (Å²) in [6.07, 6.45) is 4.86. The molecule has 3 N–H and O–H groups in total. The van der Waals surface area contributed by atoms with Gasteiger partial charge in [0.2, 0.25) is 10.0 Å². The fourth-order valence-electron chi connectivity index (χ4n) is 1.52. The molecule has 0 amide bonds. The Morgan fingerprint density at radius 1 is 1.37 bits per heavy atom. The molecule has 1 rings (SSSR count). The fraction of sp³-hybridized carbons (Fsp3) is 0.385. The molecule has 106 valence electrons. The van der Waals surface area contributed by atoms with Gasteiger partial charge in [-0.2, -0.15) is 0 Å². The SMILES string of the molecule is C/C=C/CCNc1cc(S(=O)(=O)N(C)C)ccc1N. The van der Waals surface area contributed by atoms with E-state index in [2.05, 4.69) is 5.32 Å².